The van der Waals surface area contributed by atoms with Crippen molar-refractivity contribution in [3.63, 3.8) is 0 Å². The van der Waals surface area contributed by atoms with Crippen LogP contribution in [0.4, 0.5) is 0 Å². The highest BCUT2D eigenvalue weighted by atomic mass is 16.3. The van der Waals surface area contributed by atoms with E-state index >= 15 is 0 Å². The van der Waals surface area contributed by atoms with Gasteiger partial charge in [0.25, 0.3) is 0 Å². The quantitative estimate of drug-likeness (QED) is 0.801. The first-order valence-corrected chi connectivity index (χ1v) is 7.99. The number of rotatable bonds is 4. The lowest BCUT2D eigenvalue weighted by atomic mass is 9.77. The molecular weight excluding hydrogens is 250 g/mol. The molecule has 0 aromatic rings. The zero-order chi connectivity index (χ0) is 14.4. The molecule has 0 bridgehead atoms. The third-order valence-electron chi connectivity index (χ3n) is 5.29. The number of hydrogen-bond donors (Lipinski definition) is 1. The van der Waals surface area contributed by atoms with Crippen molar-refractivity contribution in [2.75, 3.05) is 0 Å². The van der Waals surface area contributed by atoms with Gasteiger partial charge in [0.2, 0.25) is 5.91 Å². The summed E-state index contributed by atoms with van der Waals surface area (Å²) in [5, 5.41) is 9.88. The van der Waals surface area contributed by atoms with Gasteiger partial charge in [-0.2, -0.15) is 0 Å². The lowest BCUT2D eigenvalue weighted by Crippen LogP contribution is -2.63. The lowest BCUT2D eigenvalue weighted by Gasteiger charge is -2.49. The van der Waals surface area contributed by atoms with Gasteiger partial charge in [0.05, 0.1) is 18.1 Å². The fraction of sp³-hybridized carbons (Fsp3) is 0.706. The molecule has 3 rings (SSSR count). The lowest BCUT2D eigenvalue weighted by molar-refractivity contribution is -0.160. The highest BCUT2D eigenvalue weighted by Crippen LogP contribution is 2.52. The summed E-state index contributed by atoms with van der Waals surface area (Å²) >= 11 is 0. The monoisotopic (exact) mass is 275 g/mol. The van der Waals surface area contributed by atoms with Crippen LogP contribution >= 0.6 is 0 Å². The Morgan fingerprint density at radius 3 is 2.65 bits per heavy atom. The number of carbonyl (C=O) groups is 1. The second kappa shape index (κ2) is 5.03. The Kier molecular flexibility index (Phi) is 3.49. The van der Waals surface area contributed by atoms with E-state index in [2.05, 4.69) is 26.0 Å². The Labute approximate surface area is 121 Å². The molecule has 2 aliphatic heterocycles. The summed E-state index contributed by atoms with van der Waals surface area (Å²) in [6, 6.07) is 0.189. The molecule has 1 N–H and O–H groups in total. The van der Waals surface area contributed by atoms with Gasteiger partial charge in [-0.15, -0.1) is 0 Å². The predicted octanol–water partition coefficient (Wildman–Crippen LogP) is 2.86. The molecule has 110 valence electrons. The largest absolute Gasteiger partial charge is 0.393 e. The predicted molar refractivity (Wildman–Crippen MR) is 78.8 cm³/mol. The van der Waals surface area contributed by atoms with Crippen LogP contribution in [0.2, 0.25) is 0 Å². The van der Waals surface area contributed by atoms with Crippen molar-refractivity contribution >= 4 is 5.91 Å². The second-order valence-electron chi connectivity index (χ2n) is 6.53. The summed E-state index contributed by atoms with van der Waals surface area (Å²) in [6.07, 6.45) is 8.60. The molecule has 0 aromatic carbocycles. The minimum Gasteiger partial charge on any atom is -0.393 e. The Morgan fingerprint density at radius 1 is 1.45 bits per heavy atom. The van der Waals surface area contributed by atoms with Gasteiger partial charge in [-0.05, 0) is 37.7 Å². The van der Waals surface area contributed by atoms with E-state index in [4.69, 9.17) is 0 Å². The van der Waals surface area contributed by atoms with Crippen molar-refractivity contribution in [1.29, 1.82) is 0 Å². The van der Waals surface area contributed by atoms with E-state index in [1.165, 1.54) is 30.5 Å². The number of allylic oxidation sites excluding steroid dienone is 3. The van der Waals surface area contributed by atoms with E-state index in [1.54, 1.807) is 6.92 Å². The first-order chi connectivity index (χ1) is 9.57. The Balaban J connectivity index is 1.94. The molecule has 0 aromatic heterocycles. The maximum Gasteiger partial charge on any atom is 0.234 e. The van der Waals surface area contributed by atoms with Gasteiger partial charge in [-0.25, -0.2) is 0 Å². The average Bonchev–Trinajstić information content (AvgIpc) is 2.54. The summed E-state index contributed by atoms with van der Waals surface area (Å²) in [7, 11) is 0. The molecule has 1 amide bonds. The van der Waals surface area contributed by atoms with Crippen LogP contribution in [-0.4, -0.2) is 28.1 Å². The summed E-state index contributed by atoms with van der Waals surface area (Å²) in [5.41, 5.74) is 2.62. The zero-order valence-corrected chi connectivity index (χ0v) is 12.7. The van der Waals surface area contributed by atoms with Crippen LogP contribution in [0.1, 0.15) is 46.5 Å². The molecule has 1 saturated heterocycles. The topological polar surface area (TPSA) is 40.5 Å². The van der Waals surface area contributed by atoms with Crippen molar-refractivity contribution in [3.05, 3.63) is 23.4 Å². The second-order valence-corrected chi connectivity index (χ2v) is 6.53. The molecule has 2 fully saturated rings. The highest BCUT2D eigenvalue weighted by Gasteiger charge is 2.59. The third-order valence-corrected chi connectivity index (χ3v) is 5.29. The van der Waals surface area contributed by atoms with Crippen LogP contribution in [0.25, 0.3) is 0 Å². The molecule has 4 unspecified atom stereocenters. The molecule has 2 heterocycles. The number of carbonyl (C=O) groups excluding carboxylic acids is 1. The number of aliphatic hydroxyl groups is 1. The van der Waals surface area contributed by atoms with Gasteiger partial charge in [0.15, 0.2) is 0 Å². The van der Waals surface area contributed by atoms with Crippen LogP contribution in [0.15, 0.2) is 23.4 Å². The molecule has 0 spiro atoms. The van der Waals surface area contributed by atoms with Crippen LogP contribution in [0.3, 0.4) is 0 Å². The first-order valence-electron chi connectivity index (χ1n) is 7.99. The number of β-lactam (4-membered cyclic amide) rings is 1. The summed E-state index contributed by atoms with van der Waals surface area (Å²) in [5.74, 6) is 0.856. The zero-order valence-electron chi connectivity index (χ0n) is 12.7. The minimum absolute atomic E-state index is 0.138. The molecular formula is C17H25NO2. The Hall–Kier alpha value is -1.09. The van der Waals surface area contributed by atoms with Crippen LogP contribution in [0, 0.1) is 17.8 Å². The Bertz CT molecular complexity index is 473. The van der Waals surface area contributed by atoms with Crippen molar-refractivity contribution in [3.8, 4) is 0 Å². The summed E-state index contributed by atoms with van der Waals surface area (Å²) < 4.78 is 0. The average molecular weight is 275 g/mol. The molecule has 3 aliphatic rings. The number of aliphatic hydroxyl groups excluding tert-OH is 1. The van der Waals surface area contributed by atoms with Crippen LogP contribution in [0.5, 0.6) is 0 Å². The van der Waals surface area contributed by atoms with E-state index in [-0.39, 0.29) is 17.9 Å². The SMILES string of the molecule is CC/C=C/C1=C(C2CCC2)N2C(=O)C(C(C)O)C2C1C. The molecule has 3 nitrogen and oxygen atoms in total. The molecule has 3 heteroatoms. The number of amides is 1. The first kappa shape index (κ1) is 13.9. The van der Waals surface area contributed by atoms with Gasteiger partial charge in [-0.1, -0.05) is 32.4 Å². The fourth-order valence-corrected chi connectivity index (χ4v) is 3.99. The van der Waals surface area contributed by atoms with E-state index in [1.807, 2.05) is 4.90 Å². The summed E-state index contributed by atoms with van der Waals surface area (Å²) in [6.45, 7) is 6.09. The molecule has 1 aliphatic carbocycles. The van der Waals surface area contributed by atoms with Crippen molar-refractivity contribution < 1.29 is 9.90 Å². The smallest absolute Gasteiger partial charge is 0.234 e. The van der Waals surface area contributed by atoms with E-state index in [0.29, 0.717) is 11.8 Å². The van der Waals surface area contributed by atoms with Gasteiger partial charge in [0.1, 0.15) is 0 Å². The van der Waals surface area contributed by atoms with Gasteiger partial charge in [-0.3, -0.25) is 4.79 Å². The highest BCUT2D eigenvalue weighted by molar-refractivity contribution is 5.90. The minimum atomic E-state index is -0.539. The van der Waals surface area contributed by atoms with Crippen molar-refractivity contribution in [1.82, 2.24) is 4.90 Å². The molecule has 4 atom stereocenters. The molecule has 20 heavy (non-hydrogen) atoms. The van der Waals surface area contributed by atoms with Crippen LogP contribution < -0.4 is 0 Å². The van der Waals surface area contributed by atoms with Gasteiger partial charge >= 0.3 is 0 Å². The Morgan fingerprint density at radius 2 is 2.15 bits per heavy atom. The fourth-order valence-electron chi connectivity index (χ4n) is 3.99. The standard InChI is InChI=1S/C17H25NO2/c1-4-5-9-13-10(2)15-14(11(3)19)17(20)18(15)16(13)12-7-6-8-12/h5,9-12,14-15,19H,4,6-8H2,1-3H3/b9-5+. The summed E-state index contributed by atoms with van der Waals surface area (Å²) in [4.78, 5) is 14.4. The van der Waals surface area contributed by atoms with Crippen LogP contribution in [-0.2, 0) is 4.79 Å². The number of nitrogens with zero attached hydrogens (tertiary/aromatic N) is 1. The number of hydrogen-bond acceptors (Lipinski definition) is 2. The van der Waals surface area contributed by atoms with Crippen molar-refractivity contribution in [2.24, 2.45) is 17.8 Å². The van der Waals surface area contributed by atoms with Crippen molar-refractivity contribution in [2.45, 2.75) is 58.6 Å². The van der Waals surface area contributed by atoms with Gasteiger partial charge in [0, 0.05) is 11.6 Å². The van der Waals surface area contributed by atoms with Gasteiger partial charge < -0.3 is 10.0 Å². The van der Waals surface area contributed by atoms with E-state index in [0.717, 1.165) is 6.42 Å². The third kappa shape index (κ3) is 1.79. The number of fused-ring (bicyclic) bond motifs is 1. The maximum absolute atomic E-state index is 12.4. The molecule has 0 radical (unpaired) electrons. The normalized spacial score (nSPS) is 35.3. The van der Waals surface area contributed by atoms with E-state index < -0.39 is 6.10 Å². The molecule has 1 saturated carbocycles. The van der Waals surface area contributed by atoms with E-state index in [9.17, 15) is 9.90 Å². The maximum atomic E-state index is 12.4.